The molecule has 96 valence electrons. The molecule has 2 aromatic rings. The molecule has 2 aromatic carbocycles. The Morgan fingerprint density at radius 2 is 1.68 bits per heavy atom. The van der Waals surface area contributed by atoms with E-state index in [4.69, 9.17) is 16.3 Å². The van der Waals surface area contributed by atoms with Crippen LogP contribution in [0.15, 0.2) is 54.6 Å². The fraction of sp³-hybridized carbons (Fsp3) is 0. The minimum Gasteiger partial charge on any atom is -0.423 e. The molecule has 0 aliphatic carbocycles. The Kier molecular flexibility index (Phi) is 4.31. The average molecular weight is 277 g/mol. The first-order valence-corrected chi connectivity index (χ1v) is 5.92. The minimum absolute atomic E-state index is 0.319. The second kappa shape index (κ2) is 6.16. The van der Waals surface area contributed by atoms with Gasteiger partial charge in [0.2, 0.25) is 0 Å². The summed E-state index contributed by atoms with van der Waals surface area (Å²) in [5.41, 5.74) is 0.717. The van der Waals surface area contributed by atoms with Crippen LogP contribution in [0, 0.1) is 5.82 Å². The van der Waals surface area contributed by atoms with E-state index >= 15 is 0 Å². The fourth-order valence-corrected chi connectivity index (χ4v) is 1.52. The molecular weight excluding hydrogens is 267 g/mol. The van der Waals surface area contributed by atoms with E-state index in [1.54, 1.807) is 42.5 Å². The first kappa shape index (κ1) is 13.3. The lowest BCUT2D eigenvalue weighted by molar-refractivity contribution is -0.128. The largest absolute Gasteiger partial charge is 0.423 e. The number of ether oxygens (including phenoxy) is 1. The predicted molar refractivity (Wildman–Crippen MR) is 72.5 cm³/mol. The van der Waals surface area contributed by atoms with Crippen LogP contribution >= 0.6 is 11.6 Å². The summed E-state index contributed by atoms with van der Waals surface area (Å²) >= 11 is 5.72. The van der Waals surface area contributed by atoms with Gasteiger partial charge in [0.05, 0.1) is 0 Å². The van der Waals surface area contributed by atoms with Crippen LogP contribution in [0.5, 0.6) is 5.75 Å². The zero-order chi connectivity index (χ0) is 13.7. The van der Waals surface area contributed by atoms with Gasteiger partial charge in [0.25, 0.3) is 0 Å². The van der Waals surface area contributed by atoms with Crippen molar-refractivity contribution in [1.29, 1.82) is 0 Å². The zero-order valence-corrected chi connectivity index (χ0v) is 10.6. The SMILES string of the molecule is O=C(C=Cc1ccc(F)cc1)Oc1ccc(Cl)cc1. The summed E-state index contributed by atoms with van der Waals surface area (Å²) < 4.78 is 17.7. The molecule has 0 heterocycles. The Labute approximate surface area is 115 Å². The van der Waals surface area contributed by atoms with Crippen LogP contribution in [0.2, 0.25) is 5.02 Å². The van der Waals surface area contributed by atoms with E-state index in [1.807, 2.05) is 0 Å². The third-order valence-corrected chi connectivity index (χ3v) is 2.57. The Bertz CT molecular complexity index is 589. The van der Waals surface area contributed by atoms with Gasteiger partial charge >= 0.3 is 5.97 Å². The van der Waals surface area contributed by atoms with Gasteiger partial charge in [0.1, 0.15) is 11.6 Å². The molecule has 0 aliphatic heterocycles. The highest BCUT2D eigenvalue weighted by atomic mass is 35.5. The Morgan fingerprint density at radius 1 is 1.05 bits per heavy atom. The van der Waals surface area contributed by atoms with Crippen molar-refractivity contribution in [2.24, 2.45) is 0 Å². The highest BCUT2D eigenvalue weighted by molar-refractivity contribution is 6.30. The fourth-order valence-electron chi connectivity index (χ4n) is 1.39. The number of rotatable bonds is 3. The Balaban J connectivity index is 1.97. The maximum absolute atomic E-state index is 12.7. The van der Waals surface area contributed by atoms with E-state index < -0.39 is 5.97 Å². The van der Waals surface area contributed by atoms with Crippen LogP contribution in [0.3, 0.4) is 0 Å². The van der Waals surface area contributed by atoms with Crippen LogP contribution in [0.4, 0.5) is 4.39 Å². The third kappa shape index (κ3) is 4.23. The highest BCUT2D eigenvalue weighted by Crippen LogP contribution is 2.15. The topological polar surface area (TPSA) is 26.3 Å². The zero-order valence-electron chi connectivity index (χ0n) is 9.85. The van der Waals surface area contributed by atoms with Crippen molar-refractivity contribution in [1.82, 2.24) is 0 Å². The monoisotopic (exact) mass is 276 g/mol. The van der Waals surface area contributed by atoms with E-state index in [-0.39, 0.29) is 5.82 Å². The van der Waals surface area contributed by atoms with Gasteiger partial charge in [-0.25, -0.2) is 9.18 Å². The first-order chi connectivity index (χ1) is 9.13. The van der Waals surface area contributed by atoms with Gasteiger partial charge in [-0.2, -0.15) is 0 Å². The maximum Gasteiger partial charge on any atom is 0.336 e. The lowest BCUT2D eigenvalue weighted by Crippen LogP contribution is -2.03. The smallest absolute Gasteiger partial charge is 0.336 e. The van der Waals surface area contributed by atoms with E-state index in [9.17, 15) is 9.18 Å². The molecule has 2 rings (SSSR count). The first-order valence-electron chi connectivity index (χ1n) is 5.54. The van der Waals surface area contributed by atoms with Gasteiger partial charge in [0.15, 0.2) is 0 Å². The Morgan fingerprint density at radius 3 is 2.32 bits per heavy atom. The van der Waals surface area contributed by atoms with Crippen molar-refractivity contribution in [3.05, 3.63) is 71.0 Å². The van der Waals surface area contributed by atoms with E-state index in [1.165, 1.54) is 18.2 Å². The number of hydrogen-bond acceptors (Lipinski definition) is 2. The number of carbonyl (C=O) groups excluding carboxylic acids is 1. The van der Waals surface area contributed by atoms with Gasteiger partial charge in [-0.15, -0.1) is 0 Å². The van der Waals surface area contributed by atoms with Crippen LogP contribution < -0.4 is 4.74 Å². The molecule has 0 spiro atoms. The molecule has 0 aliphatic rings. The van der Waals surface area contributed by atoms with Crippen molar-refractivity contribution in [3.8, 4) is 5.75 Å². The quantitative estimate of drug-likeness (QED) is 0.479. The normalized spacial score (nSPS) is 10.6. The molecule has 0 aromatic heterocycles. The molecule has 0 N–H and O–H groups in total. The molecule has 2 nitrogen and oxygen atoms in total. The number of carbonyl (C=O) groups is 1. The van der Waals surface area contributed by atoms with Crippen molar-refractivity contribution in [2.45, 2.75) is 0 Å². The number of benzene rings is 2. The number of esters is 1. The Hall–Kier alpha value is -2.13. The standard InChI is InChI=1S/C15H10ClFO2/c16-12-4-8-14(9-5-12)19-15(18)10-3-11-1-6-13(17)7-2-11/h1-10H. The highest BCUT2D eigenvalue weighted by Gasteiger charge is 2.00. The van der Waals surface area contributed by atoms with Crippen LogP contribution in [-0.4, -0.2) is 5.97 Å². The molecule has 0 saturated heterocycles. The van der Waals surface area contributed by atoms with Crippen molar-refractivity contribution < 1.29 is 13.9 Å². The van der Waals surface area contributed by atoms with Gasteiger partial charge in [0, 0.05) is 11.1 Å². The summed E-state index contributed by atoms with van der Waals surface area (Å²) in [5, 5.41) is 0.571. The summed E-state index contributed by atoms with van der Waals surface area (Å²) in [6.07, 6.45) is 2.83. The predicted octanol–water partition coefficient (Wildman–Crippen LogP) is 4.10. The molecule has 0 unspecified atom stereocenters. The lowest BCUT2D eigenvalue weighted by atomic mass is 10.2. The van der Waals surface area contributed by atoms with Gasteiger partial charge in [-0.05, 0) is 48.0 Å². The maximum atomic E-state index is 12.7. The molecule has 0 amide bonds. The molecule has 19 heavy (non-hydrogen) atoms. The summed E-state index contributed by atoms with van der Waals surface area (Å²) in [6.45, 7) is 0. The van der Waals surface area contributed by atoms with E-state index in [2.05, 4.69) is 0 Å². The molecule has 0 fully saturated rings. The average Bonchev–Trinajstić information content (AvgIpc) is 2.41. The van der Waals surface area contributed by atoms with Crippen molar-refractivity contribution in [2.75, 3.05) is 0 Å². The van der Waals surface area contributed by atoms with Crippen molar-refractivity contribution >= 4 is 23.6 Å². The second-order valence-electron chi connectivity index (χ2n) is 3.76. The number of hydrogen-bond donors (Lipinski definition) is 0. The molecule has 4 heteroatoms. The molecular formula is C15H10ClFO2. The second-order valence-corrected chi connectivity index (χ2v) is 4.20. The van der Waals surface area contributed by atoms with Crippen LogP contribution in [-0.2, 0) is 4.79 Å². The summed E-state index contributed by atoms with van der Waals surface area (Å²) in [7, 11) is 0. The van der Waals surface area contributed by atoms with Crippen molar-refractivity contribution in [3.63, 3.8) is 0 Å². The third-order valence-electron chi connectivity index (χ3n) is 2.31. The molecule has 0 atom stereocenters. The van der Waals surface area contributed by atoms with Gasteiger partial charge < -0.3 is 4.74 Å². The number of halogens is 2. The summed E-state index contributed by atoms with van der Waals surface area (Å²) in [4.78, 5) is 11.5. The van der Waals surface area contributed by atoms with Crippen LogP contribution in [0.25, 0.3) is 6.08 Å². The van der Waals surface area contributed by atoms with E-state index in [0.29, 0.717) is 10.8 Å². The van der Waals surface area contributed by atoms with E-state index in [0.717, 1.165) is 5.56 Å². The van der Waals surface area contributed by atoms with Gasteiger partial charge in [-0.1, -0.05) is 23.7 Å². The van der Waals surface area contributed by atoms with Crippen LogP contribution in [0.1, 0.15) is 5.56 Å². The summed E-state index contributed by atoms with van der Waals surface area (Å²) in [6, 6.07) is 12.3. The molecule has 0 bridgehead atoms. The van der Waals surface area contributed by atoms with Gasteiger partial charge in [-0.3, -0.25) is 0 Å². The molecule has 0 saturated carbocycles. The molecule has 0 radical (unpaired) electrons. The lowest BCUT2D eigenvalue weighted by Gasteiger charge is -2.00. The summed E-state index contributed by atoms with van der Waals surface area (Å²) in [5.74, 6) is -0.411. The minimum atomic E-state index is -0.508.